The molecule has 1 heterocycles. The summed E-state index contributed by atoms with van der Waals surface area (Å²) in [6.07, 6.45) is 2.05. The number of unbranched alkanes of at least 4 members (excludes halogenated alkanes) is 1. The molecule has 0 radical (unpaired) electrons. The number of ether oxygens (including phenoxy) is 1. The Morgan fingerprint density at radius 1 is 1.21 bits per heavy atom. The second kappa shape index (κ2) is 12.2. The molecule has 180 valence electrons. The van der Waals surface area contributed by atoms with Crippen molar-refractivity contribution in [2.75, 3.05) is 23.8 Å². The Kier molecular flexibility index (Phi) is 9.72. The van der Waals surface area contributed by atoms with Crippen molar-refractivity contribution in [2.24, 2.45) is 5.92 Å². The first-order valence-corrected chi connectivity index (χ1v) is 11.3. The van der Waals surface area contributed by atoms with Crippen molar-refractivity contribution in [3.05, 3.63) is 55.7 Å². The van der Waals surface area contributed by atoms with Crippen LogP contribution in [0.5, 0.6) is 0 Å². The molecule has 3 N–H and O–H groups in total. The highest BCUT2D eigenvalue weighted by atomic mass is 35.5. The first-order chi connectivity index (χ1) is 15.6. The lowest BCUT2D eigenvalue weighted by molar-refractivity contribution is -0.147. The van der Waals surface area contributed by atoms with Gasteiger partial charge >= 0.3 is 11.7 Å². The zero-order valence-corrected chi connectivity index (χ0v) is 20.0. The first-order valence-electron chi connectivity index (χ1n) is 11.0. The molecule has 2 aromatic rings. The molecule has 10 heteroatoms. The summed E-state index contributed by atoms with van der Waals surface area (Å²) in [4.78, 5) is 53.5. The maximum atomic E-state index is 13.0. The zero-order chi connectivity index (χ0) is 24.5. The number of benzene rings is 1. The fourth-order valence-electron chi connectivity index (χ4n) is 3.17. The number of anilines is 2. The summed E-state index contributed by atoms with van der Waals surface area (Å²) in [5, 5.41) is 0.547. The second-order valence-corrected chi connectivity index (χ2v) is 8.63. The molecule has 0 atom stereocenters. The lowest BCUT2D eigenvalue weighted by atomic mass is 10.1. The van der Waals surface area contributed by atoms with Gasteiger partial charge in [-0.3, -0.25) is 23.9 Å². The highest BCUT2D eigenvalue weighted by molar-refractivity contribution is 6.30. The highest BCUT2D eigenvalue weighted by Crippen LogP contribution is 2.19. The van der Waals surface area contributed by atoms with Gasteiger partial charge in [0.25, 0.3) is 11.5 Å². The number of aromatic amines is 1. The van der Waals surface area contributed by atoms with Gasteiger partial charge in [0, 0.05) is 18.1 Å². The predicted octanol–water partition coefficient (Wildman–Crippen LogP) is 2.74. The number of aromatic nitrogens is 2. The molecule has 0 fully saturated rings. The number of hydrogen-bond acceptors (Lipinski definition) is 6. The third-order valence-electron chi connectivity index (χ3n) is 5.07. The standard InChI is InChI=1S/C23H31ClN4O5/c1-4-5-11-28-21(25)20(22(31)26-23(28)32)27(12-10-15(2)3)18(29)14-33-19(30)13-16-6-8-17(24)9-7-16/h6-9,15H,4-5,10-14,25H2,1-3H3,(H,26,31,32). The Hall–Kier alpha value is -3.07. The lowest BCUT2D eigenvalue weighted by Crippen LogP contribution is -2.43. The normalized spacial score (nSPS) is 10.9. The van der Waals surface area contributed by atoms with Crippen molar-refractivity contribution in [3.8, 4) is 0 Å². The number of carbonyl (C=O) groups is 2. The number of esters is 1. The molecular weight excluding hydrogens is 448 g/mol. The smallest absolute Gasteiger partial charge is 0.330 e. The number of halogens is 1. The lowest BCUT2D eigenvalue weighted by Gasteiger charge is -2.25. The van der Waals surface area contributed by atoms with Gasteiger partial charge in [0.05, 0.1) is 6.42 Å². The Morgan fingerprint density at radius 2 is 1.88 bits per heavy atom. The Bertz CT molecular complexity index is 1080. The Balaban J connectivity index is 2.24. The number of H-pyrrole nitrogens is 1. The molecule has 0 spiro atoms. The van der Waals surface area contributed by atoms with Crippen LogP contribution in [-0.2, 0) is 27.3 Å². The van der Waals surface area contributed by atoms with Crippen molar-refractivity contribution in [2.45, 2.75) is 53.0 Å². The van der Waals surface area contributed by atoms with E-state index in [2.05, 4.69) is 4.98 Å². The van der Waals surface area contributed by atoms with Crippen LogP contribution in [0.25, 0.3) is 0 Å². The number of carbonyl (C=O) groups excluding carboxylic acids is 2. The van der Waals surface area contributed by atoms with E-state index in [-0.39, 0.29) is 30.4 Å². The maximum Gasteiger partial charge on any atom is 0.330 e. The summed E-state index contributed by atoms with van der Waals surface area (Å²) >= 11 is 5.84. The van der Waals surface area contributed by atoms with Crippen molar-refractivity contribution in [3.63, 3.8) is 0 Å². The quantitative estimate of drug-likeness (QED) is 0.478. The van der Waals surface area contributed by atoms with E-state index < -0.39 is 29.7 Å². The van der Waals surface area contributed by atoms with Crippen molar-refractivity contribution in [1.29, 1.82) is 0 Å². The molecule has 0 aliphatic carbocycles. The molecule has 0 aliphatic rings. The minimum atomic E-state index is -0.755. The molecule has 0 unspecified atom stereocenters. The van der Waals surface area contributed by atoms with Gasteiger partial charge in [-0.05, 0) is 36.5 Å². The van der Waals surface area contributed by atoms with Gasteiger partial charge < -0.3 is 15.4 Å². The molecule has 1 aromatic carbocycles. The van der Waals surface area contributed by atoms with E-state index in [4.69, 9.17) is 22.1 Å². The molecule has 0 aliphatic heterocycles. The number of nitrogens with zero attached hydrogens (tertiary/aromatic N) is 2. The first kappa shape index (κ1) is 26.2. The van der Waals surface area contributed by atoms with Crippen LogP contribution in [0.2, 0.25) is 5.02 Å². The zero-order valence-electron chi connectivity index (χ0n) is 19.2. The number of nitrogens with one attached hydrogen (secondary N) is 1. The van der Waals surface area contributed by atoms with Crippen LogP contribution in [0.1, 0.15) is 45.6 Å². The van der Waals surface area contributed by atoms with Gasteiger partial charge in [-0.2, -0.15) is 0 Å². The van der Waals surface area contributed by atoms with E-state index in [1.807, 2.05) is 20.8 Å². The van der Waals surface area contributed by atoms with Crippen molar-refractivity contribution < 1.29 is 14.3 Å². The molecule has 1 aromatic heterocycles. The van der Waals surface area contributed by atoms with E-state index in [9.17, 15) is 19.2 Å². The van der Waals surface area contributed by atoms with Crippen molar-refractivity contribution in [1.82, 2.24) is 9.55 Å². The minimum absolute atomic E-state index is 0.0267. The topological polar surface area (TPSA) is 127 Å². The molecule has 2 rings (SSSR count). The van der Waals surface area contributed by atoms with Crippen LogP contribution < -0.4 is 21.9 Å². The average molecular weight is 479 g/mol. The molecular formula is C23H31ClN4O5. The van der Waals surface area contributed by atoms with Crippen LogP contribution >= 0.6 is 11.6 Å². The summed E-state index contributed by atoms with van der Waals surface area (Å²) in [7, 11) is 0. The number of nitrogens with two attached hydrogens (primary N) is 1. The number of hydrogen-bond donors (Lipinski definition) is 2. The van der Waals surface area contributed by atoms with E-state index in [0.29, 0.717) is 30.0 Å². The number of nitrogen functional groups attached to an aromatic ring is 1. The minimum Gasteiger partial charge on any atom is -0.455 e. The van der Waals surface area contributed by atoms with Gasteiger partial charge in [-0.25, -0.2) is 4.79 Å². The van der Waals surface area contributed by atoms with Gasteiger partial charge in [0.2, 0.25) is 0 Å². The van der Waals surface area contributed by atoms with E-state index in [0.717, 1.165) is 6.42 Å². The molecule has 33 heavy (non-hydrogen) atoms. The Labute approximate surface area is 197 Å². The monoisotopic (exact) mass is 478 g/mol. The van der Waals surface area contributed by atoms with E-state index >= 15 is 0 Å². The number of amides is 1. The van der Waals surface area contributed by atoms with Crippen LogP contribution in [0.4, 0.5) is 11.5 Å². The summed E-state index contributed by atoms with van der Waals surface area (Å²) in [5.41, 5.74) is 5.38. The third kappa shape index (κ3) is 7.49. The molecule has 9 nitrogen and oxygen atoms in total. The van der Waals surface area contributed by atoms with Crippen LogP contribution in [0, 0.1) is 5.92 Å². The van der Waals surface area contributed by atoms with Crippen LogP contribution in [0.15, 0.2) is 33.9 Å². The van der Waals surface area contributed by atoms with Crippen LogP contribution in [0.3, 0.4) is 0 Å². The Morgan fingerprint density at radius 3 is 2.48 bits per heavy atom. The number of rotatable bonds is 11. The predicted molar refractivity (Wildman–Crippen MR) is 129 cm³/mol. The van der Waals surface area contributed by atoms with Gasteiger partial charge in [0.1, 0.15) is 5.82 Å². The summed E-state index contributed by atoms with van der Waals surface area (Å²) in [5.74, 6) is -1.04. The fourth-order valence-corrected chi connectivity index (χ4v) is 3.29. The van der Waals surface area contributed by atoms with Crippen molar-refractivity contribution >= 4 is 35.0 Å². The van der Waals surface area contributed by atoms with E-state index in [1.54, 1.807) is 24.3 Å². The SMILES string of the molecule is CCCCn1c(N)c(N(CCC(C)C)C(=O)COC(=O)Cc2ccc(Cl)cc2)c(=O)[nH]c1=O. The molecule has 0 saturated carbocycles. The largest absolute Gasteiger partial charge is 0.455 e. The summed E-state index contributed by atoms with van der Waals surface area (Å²) in [6, 6.07) is 6.71. The van der Waals surface area contributed by atoms with E-state index in [1.165, 1.54) is 9.47 Å². The molecule has 1 amide bonds. The second-order valence-electron chi connectivity index (χ2n) is 8.19. The van der Waals surface area contributed by atoms with Crippen LogP contribution in [-0.4, -0.2) is 34.6 Å². The van der Waals surface area contributed by atoms with Gasteiger partial charge in [-0.1, -0.05) is 50.9 Å². The molecule has 0 bridgehead atoms. The third-order valence-corrected chi connectivity index (χ3v) is 5.32. The summed E-state index contributed by atoms with van der Waals surface area (Å²) in [6.45, 7) is 5.86. The fraction of sp³-hybridized carbons (Fsp3) is 0.478. The molecule has 0 saturated heterocycles. The maximum absolute atomic E-state index is 13.0. The van der Waals surface area contributed by atoms with Gasteiger partial charge in [-0.15, -0.1) is 0 Å². The summed E-state index contributed by atoms with van der Waals surface area (Å²) < 4.78 is 6.41. The average Bonchev–Trinajstić information content (AvgIpc) is 2.75. The van der Waals surface area contributed by atoms with Gasteiger partial charge in [0.15, 0.2) is 12.3 Å². The highest BCUT2D eigenvalue weighted by Gasteiger charge is 2.25.